The topological polar surface area (TPSA) is 88.0 Å². The molecule has 196 valence electrons. The predicted molar refractivity (Wildman–Crippen MR) is 143 cm³/mol. The number of carbonyl (C=O) groups excluding carboxylic acids is 1. The number of hydrogen-bond acceptors (Lipinski definition) is 6. The number of fused-ring (bicyclic) bond motifs is 1. The first-order valence-corrected chi connectivity index (χ1v) is 12.6. The second kappa shape index (κ2) is 11.5. The van der Waals surface area contributed by atoms with E-state index in [-0.39, 0.29) is 5.82 Å². The minimum Gasteiger partial charge on any atom is -0.349 e. The van der Waals surface area contributed by atoms with Crippen molar-refractivity contribution >= 4 is 34.4 Å². The maximum Gasteiger partial charge on any atom is 0.280 e. The molecule has 0 spiro atoms. The van der Waals surface area contributed by atoms with Gasteiger partial charge in [0.1, 0.15) is 18.0 Å². The van der Waals surface area contributed by atoms with E-state index in [0.29, 0.717) is 42.4 Å². The van der Waals surface area contributed by atoms with Crippen molar-refractivity contribution in [3.05, 3.63) is 83.5 Å². The van der Waals surface area contributed by atoms with Gasteiger partial charge in [0.2, 0.25) is 0 Å². The molecule has 2 N–H and O–H groups in total. The van der Waals surface area contributed by atoms with Crippen LogP contribution >= 0.6 is 0 Å². The molecule has 2 aromatic heterocycles. The highest BCUT2D eigenvalue weighted by atomic mass is 19.1. The minimum atomic E-state index is -0.901. The zero-order valence-electron chi connectivity index (χ0n) is 21.1. The van der Waals surface area contributed by atoms with Crippen LogP contribution in [0.3, 0.4) is 0 Å². The standard InChI is InChI=1S/C28H29F2N7O/c1-19-24(15-25(30)28(38)31-9-12-36-10-2-3-11-36)27(33-18-32-19)35-23-7-8-26-21(14-23)16-34-37(26)17-20-5-4-6-22(29)13-20/h4-8,13-16,18H,2-3,9-12,17H2,1H3,(H,31,38)(H,32,33,35)/b25-15-. The van der Waals surface area contributed by atoms with E-state index >= 15 is 0 Å². The van der Waals surface area contributed by atoms with Gasteiger partial charge in [0.25, 0.3) is 5.91 Å². The van der Waals surface area contributed by atoms with Crippen LogP contribution in [0.1, 0.15) is 29.7 Å². The zero-order valence-corrected chi connectivity index (χ0v) is 21.1. The Kier molecular flexibility index (Phi) is 7.69. The summed E-state index contributed by atoms with van der Waals surface area (Å²) in [5.74, 6) is -1.57. The highest BCUT2D eigenvalue weighted by molar-refractivity contribution is 5.96. The van der Waals surface area contributed by atoms with E-state index in [1.807, 2.05) is 24.3 Å². The monoisotopic (exact) mass is 517 g/mol. The highest BCUT2D eigenvalue weighted by Gasteiger charge is 2.15. The summed E-state index contributed by atoms with van der Waals surface area (Å²) in [5.41, 5.74) is 3.33. The first kappa shape index (κ1) is 25.5. The summed E-state index contributed by atoms with van der Waals surface area (Å²) >= 11 is 0. The number of anilines is 2. The van der Waals surface area contributed by atoms with Crippen LogP contribution in [0.2, 0.25) is 0 Å². The Morgan fingerprint density at radius 2 is 1.97 bits per heavy atom. The van der Waals surface area contributed by atoms with Crippen molar-refractivity contribution in [2.24, 2.45) is 0 Å². The summed E-state index contributed by atoms with van der Waals surface area (Å²) in [6, 6.07) is 12.1. The molecule has 2 aromatic carbocycles. The SMILES string of the molecule is Cc1ncnc(Nc2ccc3c(cnn3Cc3cccc(F)c3)c2)c1/C=C(\F)C(=O)NCCN1CCCC1. The van der Waals surface area contributed by atoms with Crippen LogP contribution in [0, 0.1) is 12.7 Å². The Bertz CT molecular complexity index is 1480. The molecule has 10 heteroatoms. The van der Waals surface area contributed by atoms with Crippen molar-refractivity contribution < 1.29 is 13.6 Å². The number of aryl methyl sites for hydroxylation is 1. The van der Waals surface area contributed by atoms with Gasteiger partial charge in [-0.3, -0.25) is 9.48 Å². The number of rotatable bonds is 9. The lowest BCUT2D eigenvalue weighted by Crippen LogP contribution is -2.33. The van der Waals surface area contributed by atoms with Crippen molar-refractivity contribution in [3.8, 4) is 0 Å². The van der Waals surface area contributed by atoms with Crippen LogP contribution in [0.5, 0.6) is 0 Å². The van der Waals surface area contributed by atoms with E-state index in [9.17, 15) is 13.6 Å². The van der Waals surface area contributed by atoms with E-state index in [1.54, 1.807) is 23.9 Å². The molecule has 1 aliphatic rings. The van der Waals surface area contributed by atoms with Crippen LogP contribution < -0.4 is 10.6 Å². The third kappa shape index (κ3) is 6.03. The second-order valence-electron chi connectivity index (χ2n) is 9.35. The third-order valence-electron chi connectivity index (χ3n) is 6.61. The van der Waals surface area contributed by atoms with Crippen molar-refractivity contribution in [3.63, 3.8) is 0 Å². The minimum absolute atomic E-state index is 0.286. The number of carbonyl (C=O) groups is 1. The number of halogens is 2. The summed E-state index contributed by atoms with van der Waals surface area (Å²) in [6.45, 7) is 5.31. The van der Waals surface area contributed by atoms with E-state index in [4.69, 9.17) is 0 Å². The Balaban J connectivity index is 1.30. The number of aromatic nitrogens is 4. The molecule has 4 aromatic rings. The molecule has 5 rings (SSSR count). The van der Waals surface area contributed by atoms with Crippen LogP contribution in [-0.4, -0.2) is 56.7 Å². The van der Waals surface area contributed by atoms with Crippen LogP contribution in [0.25, 0.3) is 17.0 Å². The molecule has 3 heterocycles. The average Bonchev–Trinajstić information content (AvgIpc) is 3.56. The molecule has 38 heavy (non-hydrogen) atoms. The normalized spacial score (nSPS) is 14.2. The van der Waals surface area contributed by atoms with Gasteiger partial charge in [-0.2, -0.15) is 5.10 Å². The van der Waals surface area contributed by atoms with Gasteiger partial charge in [-0.25, -0.2) is 18.7 Å². The molecular weight excluding hydrogens is 488 g/mol. The first-order chi connectivity index (χ1) is 18.5. The zero-order chi connectivity index (χ0) is 26.5. The lowest BCUT2D eigenvalue weighted by molar-refractivity contribution is -0.118. The molecule has 0 unspecified atom stereocenters. The van der Waals surface area contributed by atoms with E-state index in [2.05, 4.69) is 30.6 Å². The number of nitrogens with one attached hydrogen (secondary N) is 2. The van der Waals surface area contributed by atoms with Gasteiger partial charge in [-0.1, -0.05) is 12.1 Å². The van der Waals surface area contributed by atoms with Gasteiger partial charge >= 0.3 is 0 Å². The Hall–Kier alpha value is -4.18. The summed E-state index contributed by atoms with van der Waals surface area (Å²) < 4.78 is 30.2. The maximum absolute atomic E-state index is 14.8. The second-order valence-corrected chi connectivity index (χ2v) is 9.35. The maximum atomic E-state index is 14.8. The van der Waals surface area contributed by atoms with Crippen LogP contribution in [0.15, 0.2) is 60.8 Å². The molecule has 0 saturated carbocycles. The molecule has 0 radical (unpaired) electrons. The summed E-state index contributed by atoms with van der Waals surface area (Å²) in [5, 5.41) is 11.2. The highest BCUT2D eigenvalue weighted by Crippen LogP contribution is 2.26. The van der Waals surface area contributed by atoms with Crippen molar-refractivity contribution in [1.29, 1.82) is 0 Å². The molecule has 8 nitrogen and oxygen atoms in total. The van der Waals surface area contributed by atoms with Gasteiger partial charge in [0.15, 0.2) is 5.83 Å². The predicted octanol–water partition coefficient (Wildman–Crippen LogP) is 4.59. The van der Waals surface area contributed by atoms with E-state index in [1.165, 1.54) is 24.5 Å². The summed E-state index contributed by atoms with van der Waals surface area (Å²) in [4.78, 5) is 23.0. The Morgan fingerprint density at radius 1 is 1.13 bits per heavy atom. The first-order valence-electron chi connectivity index (χ1n) is 12.6. The number of hydrogen-bond donors (Lipinski definition) is 2. The van der Waals surface area contributed by atoms with Gasteiger partial charge in [0.05, 0.1) is 24.0 Å². The van der Waals surface area contributed by atoms with Crippen LogP contribution in [-0.2, 0) is 11.3 Å². The molecule has 1 fully saturated rings. The largest absolute Gasteiger partial charge is 0.349 e. The smallest absolute Gasteiger partial charge is 0.280 e. The van der Waals surface area contributed by atoms with Crippen molar-refractivity contribution in [1.82, 2.24) is 30.0 Å². The van der Waals surface area contributed by atoms with Gasteiger partial charge in [-0.15, -0.1) is 0 Å². The molecule has 0 aliphatic carbocycles. The van der Waals surface area contributed by atoms with Crippen LogP contribution in [0.4, 0.5) is 20.3 Å². The molecule has 0 atom stereocenters. The van der Waals surface area contributed by atoms with E-state index < -0.39 is 11.7 Å². The Morgan fingerprint density at radius 3 is 2.79 bits per heavy atom. The fraction of sp³-hybridized carbons (Fsp3) is 0.286. The fourth-order valence-electron chi connectivity index (χ4n) is 4.60. The van der Waals surface area contributed by atoms with Crippen molar-refractivity contribution in [2.75, 3.05) is 31.5 Å². The average molecular weight is 518 g/mol. The number of nitrogens with zero attached hydrogens (tertiary/aromatic N) is 5. The Labute approximate surface area is 219 Å². The fourth-order valence-corrected chi connectivity index (χ4v) is 4.60. The van der Waals surface area contributed by atoms with E-state index in [0.717, 1.165) is 42.4 Å². The quantitative estimate of drug-likeness (QED) is 0.316. The molecule has 1 saturated heterocycles. The van der Waals surface area contributed by atoms with Gasteiger partial charge in [0, 0.05) is 29.7 Å². The number of benzene rings is 2. The summed E-state index contributed by atoms with van der Waals surface area (Å²) in [7, 11) is 0. The van der Waals surface area contributed by atoms with Gasteiger partial charge < -0.3 is 15.5 Å². The molecule has 1 aliphatic heterocycles. The lowest BCUT2D eigenvalue weighted by atomic mass is 10.1. The lowest BCUT2D eigenvalue weighted by Gasteiger charge is -2.14. The van der Waals surface area contributed by atoms with Gasteiger partial charge in [-0.05, 0) is 74.8 Å². The van der Waals surface area contributed by atoms with Crippen molar-refractivity contribution in [2.45, 2.75) is 26.3 Å². The summed E-state index contributed by atoms with van der Waals surface area (Å²) in [6.07, 6.45) is 6.61. The number of likely N-dealkylation sites (tertiary alicyclic amines) is 1. The molecule has 0 bridgehead atoms. The third-order valence-corrected chi connectivity index (χ3v) is 6.61. The number of amides is 1. The molecule has 1 amide bonds. The molecular formula is C28H29F2N7O.